The van der Waals surface area contributed by atoms with Gasteiger partial charge in [-0.25, -0.2) is 4.79 Å². The van der Waals surface area contributed by atoms with E-state index in [2.05, 4.69) is 5.32 Å². The Hall–Kier alpha value is -1.32. The lowest BCUT2D eigenvalue weighted by Crippen LogP contribution is -2.56. The Morgan fingerprint density at radius 3 is 1.97 bits per heavy atom. The van der Waals surface area contributed by atoms with Crippen molar-refractivity contribution in [3.8, 4) is 0 Å². The molecule has 2 heterocycles. The summed E-state index contributed by atoms with van der Waals surface area (Å²) in [6.45, 7) is 21.4. The molecule has 2 aliphatic heterocycles. The second kappa shape index (κ2) is 9.28. The lowest BCUT2D eigenvalue weighted by atomic mass is 9.63. The molecule has 0 bridgehead atoms. The first-order valence-electron chi connectivity index (χ1n) is 12.4. The van der Waals surface area contributed by atoms with Crippen LogP contribution in [0.5, 0.6) is 0 Å². The van der Waals surface area contributed by atoms with Crippen LogP contribution in [-0.2, 0) is 18.8 Å². The quantitative estimate of drug-likeness (QED) is 0.556. The number of hydrogen-bond acceptors (Lipinski definition) is 6. The van der Waals surface area contributed by atoms with E-state index in [1.165, 1.54) is 0 Å². The second-order valence-electron chi connectivity index (χ2n) is 13.4. The average Bonchev–Trinajstić information content (AvgIpc) is 3.03. The van der Waals surface area contributed by atoms with Crippen molar-refractivity contribution < 1.29 is 28.7 Å². The Kier molecular flexibility index (Phi) is 7.90. The minimum absolute atomic E-state index is 0.171. The molecule has 2 aliphatic rings. The van der Waals surface area contributed by atoms with Crippen molar-refractivity contribution in [1.82, 2.24) is 10.2 Å². The van der Waals surface area contributed by atoms with Gasteiger partial charge in [0.25, 0.3) is 0 Å². The first-order chi connectivity index (χ1) is 15.2. The van der Waals surface area contributed by atoms with Gasteiger partial charge >= 0.3 is 13.2 Å². The lowest BCUT2D eigenvalue weighted by Gasteiger charge is -2.41. The molecule has 2 unspecified atom stereocenters. The van der Waals surface area contributed by atoms with E-state index >= 15 is 0 Å². The van der Waals surface area contributed by atoms with Crippen LogP contribution in [0.15, 0.2) is 0 Å². The number of likely N-dealkylation sites (tertiary alicyclic amines) is 1. The summed E-state index contributed by atoms with van der Waals surface area (Å²) in [6.07, 6.45) is 1.39. The fraction of sp³-hybridized carbons (Fsp3) is 0.920. The van der Waals surface area contributed by atoms with E-state index in [0.29, 0.717) is 19.2 Å². The number of amides is 2. The highest BCUT2D eigenvalue weighted by molar-refractivity contribution is 6.45. The molecule has 196 valence electrons. The van der Waals surface area contributed by atoms with Gasteiger partial charge in [-0.15, -0.1) is 0 Å². The largest absolute Gasteiger partial charge is 0.457 e. The Bertz CT molecular complexity index is 756. The minimum Gasteiger partial charge on any atom is -0.444 e. The Labute approximate surface area is 206 Å². The normalized spacial score (nSPS) is 28.8. The maximum Gasteiger partial charge on any atom is 0.457 e. The molecule has 0 aromatic heterocycles. The molecule has 9 heteroatoms. The summed E-state index contributed by atoms with van der Waals surface area (Å²) in [6, 6.07) is 0. The predicted octanol–water partition coefficient (Wildman–Crippen LogP) is 4.01. The smallest absolute Gasteiger partial charge is 0.444 e. The van der Waals surface area contributed by atoms with Crippen molar-refractivity contribution in [2.75, 3.05) is 19.7 Å². The molecule has 34 heavy (non-hydrogen) atoms. The van der Waals surface area contributed by atoms with Gasteiger partial charge < -0.3 is 29.4 Å². The van der Waals surface area contributed by atoms with Crippen LogP contribution >= 0.6 is 0 Å². The lowest BCUT2D eigenvalue weighted by molar-refractivity contribution is -0.139. The van der Waals surface area contributed by atoms with Crippen molar-refractivity contribution in [2.24, 2.45) is 10.8 Å². The monoisotopic (exact) mass is 482 g/mol. The zero-order valence-electron chi connectivity index (χ0n) is 23.3. The van der Waals surface area contributed by atoms with Crippen molar-refractivity contribution >= 4 is 19.1 Å². The Balaban J connectivity index is 2.25. The molecular formula is C25H47BN2O6. The standard InChI is InChI=1S/C25H47BN2O6/c1-20(2,3)27-18(30)24(11)15-28(19(31)32-21(4,5)6)16-25(24,17-29)13-12-14-26-33-22(7,8)23(9,10)34-26/h29H,12-17H2,1-11H3,(H,27,30). The number of ether oxygens (including phenoxy) is 1. The van der Waals surface area contributed by atoms with Crippen LogP contribution in [0, 0.1) is 10.8 Å². The Morgan fingerprint density at radius 1 is 1.00 bits per heavy atom. The average molecular weight is 482 g/mol. The second-order valence-corrected chi connectivity index (χ2v) is 13.4. The summed E-state index contributed by atoms with van der Waals surface area (Å²) in [7, 11) is -0.348. The molecule has 8 nitrogen and oxygen atoms in total. The summed E-state index contributed by atoms with van der Waals surface area (Å²) < 4.78 is 17.9. The first kappa shape index (κ1) is 28.9. The summed E-state index contributed by atoms with van der Waals surface area (Å²) in [5, 5.41) is 13.7. The summed E-state index contributed by atoms with van der Waals surface area (Å²) >= 11 is 0. The van der Waals surface area contributed by atoms with E-state index in [1.807, 2.05) is 76.2 Å². The number of carbonyl (C=O) groups is 2. The zero-order chi connectivity index (χ0) is 26.4. The number of aliphatic hydroxyl groups is 1. The van der Waals surface area contributed by atoms with Gasteiger partial charge in [-0.1, -0.05) is 6.42 Å². The molecule has 2 amide bonds. The van der Waals surface area contributed by atoms with E-state index in [1.54, 1.807) is 4.90 Å². The summed E-state index contributed by atoms with van der Waals surface area (Å²) in [5.41, 5.74) is -3.71. The van der Waals surface area contributed by atoms with Crippen molar-refractivity contribution in [3.63, 3.8) is 0 Å². The molecule has 0 aromatic rings. The maximum atomic E-state index is 13.5. The topological polar surface area (TPSA) is 97.3 Å². The van der Waals surface area contributed by atoms with Gasteiger partial charge in [-0.05, 0) is 88.9 Å². The van der Waals surface area contributed by atoms with E-state index in [9.17, 15) is 14.7 Å². The van der Waals surface area contributed by atoms with Crippen LogP contribution in [0.1, 0.15) is 89.0 Å². The molecule has 2 saturated heterocycles. The van der Waals surface area contributed by atoms with E-state index in [4.69, 9.17) is 14.0 Å². The van der Waals surface area contributed by atoms with Crippen LogP contribution in [0.25, 0.3) is 0 Å². The molecule has 0 spiro atoms. The Morgan fingerprint density at radius 2 is 1.53 bits per heavy atom. The van der Waals surface area contributed by atoms with Gasteiger partial charge in [0.05, 0.1) is 23.2 Å². The molecule has 2 atom stereocenters. The highest BCUT2D eigenvalue weighted by Gasteiger charge is 2.60. The van der Waals surface area contributed by atoms with Gasteiger partial charge in [0.1, 0.15) is 5.60 Å². The van der Waals surface area contributed by atoms with E-state index in [0.717, 1.165) is 0 Å². The number of aliphatic hydroxyl groups excluding tert-OH is 1. The molecular weight excluding hydrogens is 435 g/mol. The van der Waals surface area contributed by atoms with Crippen LogP contribution < -0.4 is 5.32 Å². The third-order valence-corrected chi connectivity index (χ3v) is 7.51. The van der Waals surface area contributed by atoms with Gasteiger partial charge in [-0.3, -0.25) is 4.79 Å². The number of rotatable bonds is 6. The highest BCUT2D eigenvalue weighted by atomic mass is 16.7. The van der Waals surface area contributed by atoms with Crippen LogP contribution in [0.2, 0.25) is 6.32 Å². The fourth-order valence-corrected chi connectivity index (χ4v) is 4.74. The van der Waals surface area contributed by atoms with Gasteiger partial charge in [0.2, 0.25) is 5.91 Å². The number of hydrogen-bond donors (Lipinski definition) is 2. The highest BCUT2D eigenvalue weighted by Crippen LogP contribution is 2.50. The zero-order valence-corrected chi connectivity index (χ0v) is 23.3. The van der Waals surface area contributed by atoms with Gasteiger partial charge in [-0.2, -0.15) is 0 Å². The molecule has 0 aromatic carbocycles. The molecule has 2 N–H and O–H groups in total. The predicted molar refractivity (Wildman–Crippen MR) is 133 cm³/mol. The van der Waals surface area contributed by atoms with Crippen LogP contribution in [-0.4, -0.2) is 71.2 Å². The molecule has 0 aliphatic carbocycles. The number of carbonyl (C=O) groups excluding carboxylic acids is 2. The molecule has 0 radical (unpaired) electrons. The molecule has 2 fully saturated rings. The summed E-state index contributed by atoms with van der Waals surface area (Å²) in [5.74, 6) is -0.171. The fourth-order valence-electron chi connectivity index (χ4n) is 4.74. The number of nitrogens with zero attached hydrogens (tertiary/aromatic N) is 1. The van der Waals surface area contributed by atoms with Gasteiger partial charge in [0, 0.05) is 24.0 Å². The number of nitrogens with one attached hydrogen (secondary N) is 1. The van der Waals surface area contributed by atoms with E-state index < -0.39 is 39.3 Å². The van der Waals surface area contributed by atoms with Crippen molar-refractivity contribution in [2.45, 2.75) is 118 Å². The van der Waals surface area contributed by atoms with Gasteiger partial charge in [0.15, 0.2) is 0 Å². The summed E-state index contributed by atoms with van der Waals surface area (Å²) in [4.78, 5) is 28.1. The third-order valence-electron chi connectivity index (χ3n) is 7.51. The van der Waals surface area contributed by atoms with E-state index in [-0.39, 0.29) is 32.7 Å². The van der Waals surface area contributed by atoms with Crippen molar-refractivity contribution in [1.29, 1.82) is 0 Å². The van der Waals surface area contributed by atoms with Crippen LogP contribution in [0.3, 0.4) is 0 Å². The van der Waals surface area contributed by atoms with Crippen LogP contribution in [0.4, 0.5) is 4.79 Å². The minimum atomic E-state index is -0.984. The first-order valence-corrected chi connectivity index (χ1v) is 12.4. The maximum absolute atomic E-state index is 13.5. The third kappa shape index (κ3) is 6.08. The molecule has 2 rings (SSSR count). The van der Waals surface area contributed by atoms with Crippen molar-refractivity contribution in [3.05, 3.63) is 0 Å². The molecule has 0 saturated carbocycles. The SMILES string of the molecule is CC(C)(C)NC(=O)C1(C)CN(C(=O)OC(C)(C)C)CC1(CO)CCCB1OC(C)(C)C(C)(C)O1.